The molecule has 1 fully saturated rings. The number of phenols is 2. The first kappa shape index (κ1) is 17.0. The highest BCUT2D eigenvalue weighted by atomic mass is 16.7. The van der Waals surface area contributed by atoms with Gasteiger partial charge >= 0.3 is 5.97 Å². The van der Waals surface area contributed by atoms with Crippen LogP contribution < -0.4 is 14.2 Å². The van der Waals surface area contributed by atoms with Gasteiger partial charge in [-0.1, -0.05) is 0 Å². The Balaban J connectivity index is 1.75. The van der Waals surface area contributed by atoms with Crippen LogP contribution in [0.4, 0.5) is 0 Å². The summed E-state index contributed by atoms with van der Waals surface area (Å²) in [5, 5.41) is 31.0. The van der Waals surface area contributed by atoms with E-state index < -0.39 is 29.8 Å². The molecule has 4 atom stereocenters. The van der Waals surface area contributed by atoms with Crippen LogP contribution in [0.2, 0.25) is 0 Å². The molecule has 0 saturated carbocycles. The molecule has 2 aromatic carbocycles. The third-order valence-electron chi connectivity index (χ3n) is 5.80. The van der Waals surface area contributed by atoms with Crippen LogP contribution in [0.25, 0.3) is 0 Å². The summed E-state index contributed by atoms with van der Waals surface area (Å²) >= 11 is 0. The monoisotopic (exact) mass is 386 g/mol. The number of carbonyl (C=O) groups excluding carboxylic acids is 1. The Bertz CT molecular complexity index is 985. The Kier molecular flexibility index (Phi) is 3.60. The fourth-order valence-corrected chi connectivity index (χ4v) is 4.48. The largest absolute Gasteiger partial charge is 0.504 e. The van der Waals surface area contributed by atoms with Crippen molar-refractivity contribution in [1.29, 1.82) is 0 Å². The molecule has 1 saturated heterocycles. The second-order valence-electron chi connectivity index (χ2n) is 7.17. The number of cyclic esters (lactones) is 1. The summed E-state index contributed by atoms with van der Waals surface area (Å²) in [7, 11) is 1.38. The first-order chi connectivity index (χ1) is 13.5. The molecule has 0 unspecified atom stereocenters. The molecular formula is C20H18O8. The summed E-state index contributed by atoms with van der Waals surface area (Å²) in [6, 6.07) is 6.46. The Morgan fingerprint density at radius 2 is 1.75 bits per heavy atom. The zero-order valence-electron chi connectivity index (χ0n) is 14.9. The van der Waals surface area contributed by atoms with Crippen molar-refractivity contribution in [3.63, 3.8) is 0 Å². The minimum atomic E-state index is -0.898. The third kappa shape index (κ3) is 2.24. The van der Waals surface area contributed by atoms with E-state index in [1.807, 2.05) is 0 Å². The van der Waals surface area contributed by atoms with E-state index in [9.17, 15) is 20.1 Å². The number of benzene rings is 2. The van der Waals surface area contributed by atoms with Gasteiger partial charge in [0.2, 0.25) is 12.5 Å². The number of aliphatic hydroxyl groups is 1. The average Bonchev–Trinajstić information content (AvgIpc) is 3.30. The molecule has 8 heteroatoms. The molecule has 0 radical (unpaired) electrons. The third-order valence-corrected chi connectivity index (χ3v) is 5.80. The van der Waals surface area contributed by atoms with E-state index in [1.165, 1.54) is 13.2 Å². The van der Waals surface area contributed by atoms with Crippen molar-refractivity contribution in [3.05, 3.63) is 41.0 Å². The highest BCUT2D eigenvalue weighted by molar-refractivity contribution is 5.79. The van der Waals surface area contributed by atoms with Gasteiger partial charge in [-0.25, -0.2) is 0 Å². The maximum absolute atomic E-state index is 12.6. The van der Waals surface area contributed by atoms with Crippen LogP contribution in [0.5, 0.6) is 28.7 Å². The Morgan fingerprint density at radius 1 is 1.04 bits per heavy atom. The van der Waals surface area contributed by atoms with E-state index in [4.69, 9.17) is 18.9 Å². The number of ether oxygens (including phenoxy) is 4. The van der Waals surface area contributed by atoms with Crippen LogP contribution in [0.1, 0.15) is 28.7 Å². The van der Waals surface area contributed by atoms with Gasteiger partial charge in [0, 0.05) is 11.8 Å². The predicted octanol–water partition coefficient (Wildman–Crippen LogP) is 1.80. The number of fused-ring (bicyclic) bond motifs is 3. The van der Waals surface area contributed by atoms with Gasteiger partial charge in [0.15, 0.2) is 23.0 Å². The number of hydrogen-bond acceptors (Lipinski definition) is 8. The van der Waals surface area contributed by atoms with Gasteiger partial charge in [-0.2, -0.15) is 0 Å². The SMILES string of the molecule is COc1cc([C@@H]2c3cc4c(cc3[C@H](O)[C@H]3COC(=O)[C@H]23)OCO4)cc(O)c1O. The van der Waals surface area contributed by atoms with Crippen molar-refractivity contribution in [1.82, 2.24) is 0 Å². The van der Waals surface area contributed by atoms with Crippen molar-refractivity contribution in [2.24, 2.45) is 11.8 Å². The number of aromatic hydroxyl groups is 2. The van der Waals surface area contributed by atoms with Crippen LogP contribution in [-0.4, -0.2) is 41.8 Å². The summed E-state index contributed by atoms with van der Waals surface area (Å²) < 4.78 is 21.3. The fraction of sp³-hybridized carbons (Fsp3) is 0.350. The lowest BCUT2D eigenvalue weighted by Crippen LogP contribution is -2.34. The molecule has 28 heavy (non-hydrogen) atoms. The molecule has 8 nitrogen and oxygen atoms in total. The lowest BCUT2D eigenvalue weighted by Gasteiger charge is -2.36. The molecule has 5 rings (SSSR count). The van der Waals surface area contributed by atoms with Gasteiger partial charge < -0.3 is 34.3 Å². The zero-order valence-corrected chi connectivity index (χ0v) is 14.9. The number of hydrogen-bond donors (Lipinski definition) is 3. The van der Waals surface area contributed by atoms with E-state index in [-0.39, 0.29) is 30.6 Å². The van der Waals surface area contributed by atoms with Gasteiger partial charge in [-0.15, -0.1) is 0 Å². The summed E-state index contributed by atoms with van der Waals surface area (Å²) in [5.74, 6) is -1.60. The molecule has 2 aromatic rings. The highest BCUT2D eigenvalue weighted by Crippen LogP contribution is 2.55. The Labute approximate surface area is 159 Å². The summed E-state index contributed by atoms with van der Waals surface area (Å²) in [6.45, 7) is 0.192. The van der Waals surface area contributed by atoms with Crippen molar-refractivity contribution >= 4 is 5.97 Å². The molecular weight excluding hydrogens is 368 g/mol. The average molecular weight is 386 g/mol. The number of aliphatic hydroxyl groups excluding tert-OH is 1. The van der Waals surface area contributed by atoms with E-state index >= 15 is 0 Å². The molecule has 0 amide bonds. The highest BCUT2D eigenvalue weighted by Gasteiger charge is 2.52. The van der Waals surface area contributed by atoms with E-state index in [2.05, 4.69) is 0 Å². The second-order valence-corrected chi connectivity index (χ2v) is 7.17. The molecule has 2 heterocycles. The lowest BCUT2D eigenvalue weighted by molar-refractivity contribution is -0.141. The molecule has 1 aliphatic carbocycles. The van der Waals surface area contributed by atoms with E-state index in [0.717, 1.165) is 0 Å². The maximum Gasteiger partial charge on any atom is 0.310 e. The van der Waals surface area contributed by atoms with E-state index in [1.54, 1.807) is 18.2 Å². The van der Waals surface area contributed by atoms with Gasteiger partial charge in [-0.05, 0) is 41.0 Å². The van der Waals surface area contributed by atoms with Crippen molar-refractivity contribution in [2.75, 3.05) is 20.5 Å². The van der Waals surface area contributed by atoms with Gasteiger partial charge in [0.25, 0.3) is 0 Å². The van der Waals surface area contributed by atoms with Gasteiger partial charge in [0.1, 0.15) is 0 Å². The van der Waals surface area contributed by atoms with Crippen LogP contribution in [-0.2, 0) is 9.53 Å². The topological polar surface area (TPSA) is 115 Å². The molecule has 0 aromatic heterocycles. The second kappa shape index (κ2) is 5.93. The van der Waals surface area contributed by atoms with Crippen LogP contribution in [0.3, 0.4) is 0 Å². The van der Waals surface area contributed by atoms with Crippen molar-refractivity contribution in [2.45, 2.75) is 12.0 Å². The number of phenolic OH excluding ortho intramolecular Hbond substituents is 2. The maximum atomic E-state index is 12.6. The first-order valence-electron chi connectivity index (χ1n) is 8.87. The molecule has 3 aliphatic rings. The number of methoxy groups -OCH3 is 1. The molecule has 146 valence electrons. The Morgan fingerprint density at radius 3 is 2.46 bits per heavy atom. The number of esters is 1. The smallest absolute Gasteiger partial charge is 0.310 e. The normalized spacial score (nSPS) is 27.1. The molecule has 0 bridgehead atoms. The minimum Gasteiger partial charge on any atom is -0.504 e. The number of rotatable bonds is 2. The predicted molar refractivity (Wildman–Crippen MR) is 93.6 cm³/mol. The first-order valence-corrected chi connectivity index (χ1v) is 8.87. The molecule has 3 N–H and O–H groups in total. The quantitative estimate of drug-likeness (QED) is 0.529. The fourth-order valence-electron chi connectivity index (χ4n) is 4.48. The lowest BCUT2D eigenvalue weighted by atomic mass is 9.66. The van der Waals surface area contributed by atoms with Gasteiger partial charge in [-0.3, -0.25) is 4.79 Å². The van der Waals surface area contributed by atoms with Crippen molar-refractivity contribution in [3.8, 4) is 28.7 Å². The van der Waals surface area contributed by atoms with E-state index in [0.29, 0.717) is 28.2 Å². The zero-order chi connectivity index (χ0) is 19.6. The molecule has 2 aliphatic heterocycles. The molecule has 0 spiro atoms. The van der Waals surface area contributed by atoms with Crippen LogP contribution in [0.15, 0.2) is 24.3 Å². The summed E-state index contributed by atoms with van der Waals surface area (Å²) in [6.07, 6.45) is -0.898. The number of carbonyl (C=O) groups is 1. The Hall–Kier alpha value is -3.13. The van der Waals surface area contributed by atoms with Gasteiger partial charge in [0.05, 0.1) is 25.7 Å². The minimum absolute atomic E-state index is 0.0850. The van der Waals surface area contributed by atoms with Crippen LogP contribution in [0, 0.1) is 11.8 Å². The summed E-state index contributed by atoms with van der Waals surface area (Å²) in [5.41, 5.74) is 1.87. The standard InChI is InChI=1S/C20H18O8/c1-25-15-3-8(2-12(21)19(15)23)16-9-4-13-14(28-7-27-13)5-10(9)18(22)11-6-26-20(24)17(11)16/h2-5,11,16-18,21-23H,6-7H2,1H3/t11-,16+,17-,18-/m0/s1. The van der Waals surface area contributed by atoms with Crippen LogP contribution >= 0.6 is 0 Å². The van der Waals surface area contributed by atoms with Crippen molar-refractivity contribution < 1.29 is 39.1 Å². The summed E-state index contributed by atoms with van der Waals surface area (Å²) in [4.78, 5) is 12.6.